The van der Waals surface area contributed by atoms with Crippen LogP contribution in [0.1, 0.15) is 25.8 Å². The van der Waals surface area contributed by atoms with E-state index in [4.69, 9.17) is 9.47 Å². The van der Waals surface area contributed by atoms with Crippen molar-refractivity contribution in [3.8, 4) is 5.75 Å². The summed E-state index contributed by atoms with van der Waals surface area (Å²) < 4.78 is 12.5. The van der Waals surface area contributed by atoms with E-state index in [1.54, 1.807) is 0 Å². The number of hydrogen-bond donors (Lipinski definition) is 1. The Balaban J connectivity index is 1.99. The van der Waals surface area contributed by atoms with E-state index in [0.717, 1.165) is 36.3 Å². The lowest BCUT2D eigenvalue weighted by Gasteiger charge is -2.17. The fraction of sp³-hybridized carbons (Fsp3) is 0.600. The van der Waals surface area contributed by atoms with E-state index in [-0.39, 0.29) is 6.10 Å². The van der Waals surface area contributed by atoms with Gasteiger partial charge in [-0.3, -0.25) is 0 Å². The molecule has 1 atom stereocenters. The van der Waals surface area contributed by atoms with Crippen LogP contribution in [0.25, 0.3) is 0 Å². The molecule has 0 bridgehead atoms. The van der Waals surface area contributed by atoms with Crippen molar-refractivity contribution in [2.24, 2.45) is 5.92 Å². The molecular weight excluding hydrogens is 306 g/mol. The van der Waals surface area contributed by atoms with Crippen molar-refractivity contribution < 1.29 is 9.47 Å². The number of halogens is 1. The molecule has 1 heterocycles. The van der Waals surface area contributed by atoms with Crippen molar-refractivity contribution in [1.82, 2.24) is 5.32 Å². The summed E-state index contributed by atoms with van der Waals surface area (Å²) in [6.07, 6.45) is 1.18. The fourth-order valence-electron chi connectivity index (χ4n) is 2.08. The molecule has 1 N–H and O–H groups in total. The van der Waals surface area contributed by atoms with Gasteiger partial charge in [-0.2, -0.15) is 0 Å². The third kappa shape index (κ3) is 4.79. The maximum Gasteiger partial charge on any atom is 0.124 e. The van der Waals surface area contributed by atoms with Crippen LogP contribution in [0.5, 0.6) is 5.75 Å². The first-order valence-corrected chi connectivity index (χ1v) is 7.68. The molecule has 0 aliphatic carbocycles. The molecule has 1 aromatic carbocycles. The van der Waals surface area contributed by atoms with E-state index in [0.29, 0.717) is 12.5 Å². The van der Waals surface area contributed by atoms with Gasteiger partial charge in [0.1, 0.15) is 11.9 Å². The van der Waals surface area contributed by atoms with Crippen LogP contribution in [0.3, 0.4) is 0 Å². The molecule has 0 saturated carbocycles. The number of nitrogens with one attached hydrogen (secondary N) is 1. The average Bonchev–Trinajstić information content (AvgIpc) is 2.85. The van der Waals surface area contributed by atoms with Crippen LogP contribution in [-0.4, -0.2) is 25.9 Å². The molecule has 0 amide bonds. The van der Waals surface area contributed by atoms with E-state index < -0.39 is 0 Å². The van der Waals surface area contributed by atoms with Crippen LogP contribution in [0.4, 0.5) is 0 Å². The van der Waals surface area contributed by atoms with E-state index in [1.165, 1.54) is 5.56 Å². The van der Waals surface area contributed by atoms with Gasteiger partial charge in [-0.1, -0.05) is 29.8 Å². The first kappa shape index (κ1) is 14.8. The predicted octanol–water partition coefficient (Wildman–Crippen LogP) is 3.36. The SMILES string of the molecule is CC(C)CNCc1cc(Br)ccc1OC1CCOC1. The first-order valence-electron chi connectivity index (χ1n) is 6.88. The highest BCUT2D eigenvalue weighted by atomic mass is 79.9. The number of rotatable bonds is 6. The Bertz CT molecular complexity index is 403. The Kier molecular flexibility index (Phi) is 5.67. The third-order valence-electron chi connectivity index (χ3n) is 3.07. The van der Waals surface area contributed by atoms with Gasteiger partial charge < -0.3 is 14.8 Å². The van der Waals surface area contributed by atoms with Crippen LogP contribution in [-0.2, 0) is 11.3 Å². The highest BCUT2D eigenvalue weighted by molar-refractivity contribution is 9.10. The zero-order valence-electron chi connectivity index (χ0n) is 11.6. The van der Waals surface area contributed by atoms with Gasteiger partial charge in [-0.15, -0.1) is 0 Å². The molecular formula is C15H22BrNO2. The lowest BCUT2D eigenvalue weighted by atomic mass is 10.1. The molecule has 1 aliphatic rings. The van der Waals surface area contributed by atoms with Gasteiger partial charge in [0, 0.05) is 23.0 Å². The van der Waals surface area contributed by atoms with E-state index in [2.05, 4.69) is 41.2 Å². The van der Waals surface area contributed by atoms with Gasteiger partial charge in [-0.05, 0) is 30.7 Å². The Morgan fingerprint density at radius 1 is 1.47 bits per heavy atom. The topological polar surface area (TPSA) is 30.5 Å². The molecule has 4 heteroatoms. The Labute approximate surface area is 123 Å². The normalized spacial score (nSPS) is 19.1. The predicted molar refractivity (Wildman–Crippen MR) is 80.5 cm³/mol. The summed E-state index contributed by atoms with van der Waals surface area (Å²) in [6, 6.07) is 6.18. The van der Waals surface area contributed by atoms with Crippen molar-refractivity contribution in [3.05, 3.63) is 28.2 Å². The van der Waals surface area contributed by atoms with Crippen LogP contribution >= 0.6 is 15.9 Å². The highest BCUT2D eigenvalue weighted by Crippen LogP contribution is 2.25. The minimum absolute atomic E-state index is 0.199. The van der Waals surface area contributed by atoms with Crippen LogP contribution in [0.2, 0.25) is 0 Å². The maximum absolute atomic E-state index is 6.03. The molecule has 19 heavy (non-hydrogen) atoms. The second-order valence-corrected chi connectivity index (χ2v) is 6.30. The van der Waals surface area contributed by atoms with Crippen molar-refractivity contribution in [3.63, 3.8) is 0 Å². The first-order chi connectivity index (χ1) is 9.15. The molecule has 0 aromatic heterocycles. The van der Waals surface area contributed by atoms with Gasteiger partial charge in [0.05, 0.1) is 13.2 Å². The number of ether oxygens (including phenoxy) is 2. The summed E-state index contributed by atoms with van der Waals surface area (Å²) in [5.74, 6) is 1.62. The smallest absolute Gasteiger partial charge is 0.124 e. The van der Waals surface area contributed by atoms with Gasteiger partial charge in [0.25, 0.3) is 0 Å². The van der Waals surface area contributed by atoms with Crippen LogP contribution in [0, 0.1) is 5.92 Å². The zero-order valence-corrected chi connectivity index (χ0v) is 13.2. The van der Waals surface area contributed by atoms with Crippen molar-refractivity contribution in [2.45, 2.75) is 32.9 Å². The van der Waals surface area contributed by atoms with Gasteiger partial charge in [0.2, 0.25) is 0 Å². The Hall–Kier alpha value is -0.580. The third-order valence-corrected chi connectivity index (χ3v) is 3.57. The molecule has 1 aliphatic heterocycles. The van der Waals surface area contributed by atoms with Crippen molar-refractivity contribution >= 4 is 15.9 Å². The molecule has 1 aromatic rings. The minimum atomic E-state index is 0.199. The molecule has 106 valence electrons. The quantitative estimate of drug-likeness (QED) is 0.869. The number of hydrogen-bond acceptors (Lipinski definition) is 3. The molecule has 0 spiro atoms. The summed E-state index contributed by atoms with van der Waals surface area (Å²) in [5.41, 5.74) is 1.20. The van der Waals surface area contributed by atoms with Crippen LogP contribution in [0.15, 0.2) is 22.7 Å². The minimum Gasteiger partial charge on any atom is -0.488 e. The standard InChI is InChI=1S/C15H22BrNO2/c1-11(2)8-17-9-12-7-13(16)3-4-15(12)19-14-5-6-18-10-14/h3-4,7,11,14,17H,5-6,8-10H2,1-2H3. The summed E-state index contributed by atoms with van der Waals surface area (Å²) in [4.78, 5) is 0. The van der Waals surface area contributed by atoms with E-state index in [1.807, 2.05) is 12.1 Å². The second kappa shape index (κ2) is 7.27. The van der Waals surface area contributed by atoms with E-state index in [9.17, 15) is 0 Å². The molecule has 1 saturated heterocycles. The zero-order chi connectivity index (χ0) is 13.7. The molecule has 2 rings (SSSR count). The highest BCUT2D eigenvalue weighted by Gasteiger charge is 2.18. The Morgan fingerprint density at radius 2 is 2.32 bits per heavy atom. The van der Waals surface area contributed by atoms with Gasteiger partial charge in [-0.25, -0.2) is 0 Å². The van der Waals surface area contributed by atoms with Crippen molar-refractivity contribution in [2.75, 3.05) is 19.8 Å². The lowest BCUT2D eigenvalue weighted by Crippen LogP contribution is -2.21. The van der Waals surface area contributed by atoms with Crippen LogP contribution < -0.4 is 10.1 Å². The lowest BCUT2D eigenvalue weighted by molar-refractivity contribution is 0.140. The molecule has 0 radical (unpaired) electrons. The summed E-state index contributed by atoms with van der Waals surface area (Å²) in [5, 5.41) is 3.46. The summed E-state index contributed by atoms with van der Waals surface area (Å²) >= 11 is 3.52. The average molecular weight is 328 g/mol. The Morgan fingerprint density at radius 3 is 3.00 bits per heavy atom. The second-order valence-electron chi connectivity index (χ2n) is 5.38. The summed E-state index contributed by atoms with van der Waals surface area (Å²) in [7, 11) is 0. The molecule has 1 fully saturated rings. The monoisotopic (exact) mass is 327 g/mol. The maximum atomic E-state index is 6.03. The summed E-state index contributed by atoms with van der Waals surface area (Å²) in [6.45, 7) is 7.78. The largest absolute Gasteiger partial charge is 0.488 e. The van der Waals surface area contributed by atoms with E-state index >= 15 is 0 Å². The fourth-order valence-corrected chi connectivity index (χ4v) is 2.49. The van der Waals surface area contributed by atoms with Crippen molar-refractivity contribution in [1.29, 1.82) is 0 Å². The number of benzene rings is 1. The molecule has 3 nitrogen and oxygen atoms in total. The van der Waals surface area contributed by atoms with Gasteiger partial charge in [0.15, 0.2) is 0 Å². The molecule has 1 unspecified atom stereocenters. The van der Waals surface area contributed by atoms with Gasteiger partial charge >= 0.3 is 0 Å².